The molecule has 0 amide bonds. The zero-order valence-corrected chi connectivity index (χ0v) is 39.4. The molecule has 2 aliphatic heterocycles. The van der Waals surface area contributed by atoms with Gasteiger partial charge in [-0.3, -0.25) is 4.79 Å². The summed E-state index contributed by atoms with van der Waals surface area (Å²) >= 11 is 0. The molecule has 2 aliphatic rings. The van der Waals surface area contributed by atoms with Gasteiger partial charge in [-0.2, -0.15) is 0 Å². The first kappa shape index (κ1) is 58.6. The summed E-state index contributed by atoms with van der Waals surface area (Å²) in [5, 5.41) is 72.0. The van der Waals surface area contributed by atoms with Crippen molar-refractivity contribution in [2.24, 2.45) is 0 Å². The highest BCUT2D eigenvalue weighted by atomic mass is 16.7. The van der Waals surface area contributed by atoms with Crippen LogP contribution in [0.1, 0.15) is 142 Å². The van der Waals surface area contributed by atoms with Gasteiger partial charge in [0, 0.05) is 13.0 Å². The van der Waals surface area contributed by atoms with Crippen molar-refractivity contribution >= 4 is 5.97 Å². The summed E-state index contributed by atoms with van der Waals surface area (Å²) in [6.45, 7) is 3.48. The summed E-state index contributed by atoms with van der Waals surface area (Å²) < 4.78 is 34.1. The maximum atomic E-state index is 13.0. The Bertz CT molecular complexity index is 1350. The van der Waals surface area contributed by atoms with Crippen LogP contribution in [0.5, 0.6) is 0 Å². The van der Waals surface area contributed by atoms with Gasteiger partial charge in [0.2, 0.25) is 0 Å². The normalized spacial score (nSPS) is 27.2. The lowest BCUT2D eigenvalue weighted by Crippen LogP contribution is -2.61. The molecule has 0 spiro atoms. The second kappa shape index (κ2) is 38.4. The molecule has 11 atom stereocenters. The van der Waals surface area contributed by atoms with Crippen LogP contribution in [-0.4, -0.2) is 142 Å². The molecular formula is C51H86O14. The van der Waals surface area contributed by atoms with Gasteiger partial charge in [-0.25, -0.2) is 0 Å². The fraction of sp³-hybridized carbons (Fsp3) is 0.745. The summed E-state index contributed by atoms with van der Waals surface area (Å²) in [6.07, 6.45) is 29.7. The molecule has 2 rings (SSSR count). The van der Waals surface area contributed by atoms with E-state index in [4.69, 9.17) is 28.4 Å². The molecular weight excluding hydrogens is 837 g/mol. The molecule has 0 aromatic carbocycles. The van der Waals surface area contributed by atoms with Crippen LogP contribution in [0.3, 0.4) is 0 Å². The number of ether oxygens (including phenoxy) is 6. The van der Waals surface area contributed by atoms with E-state index in [1.165, 1.54) is 44.9 Å². The van der Waals surface area contributed by atoms with Crippen molar-refractivity contribution in [3.63, 3.8) is 0 Å². The molecule has 14 heteroatoms. The summed E-state index contributed by atoms with van der Waals surface area (Å²) in [5.41, 5.74) is 0. The van der Waals surface area contributed by atoms with E-state index in [2.05, 4.69) is 86.8 Å². The van der Waals surface area contributed by atoms with Crippen molar-refractivity contribution in [2.45, 2.75) is 210 Å². The molecule has 0 aromatic heterocycles. The monoisotopic (exact) mass is 923 g/mol. The van der Waals surface area contributed by atoms with Crippen molar-refractivity contribution in [3.05, 3.63) is 72.9 Å². The van der Waals surface area contributed by atoms with Gasteiger partial charge < -0.3 is 64.2 Å². The Balaban J connectivity index is 1.79. The molecule has 11 unspecified atom stereocenters. The number of hydrogen-bond acceptors (Lipinski definition) is 14. The third kappa shape index (κ3) is 26.5. The molecule has 7 N–H and O–H groups in total. The topological polar surface area (TPSA) is 214 Å². The molecule has 14 nitrogen and oxygen atoms in total. The van der Waals surface area contributed by atoms with Gasteiger partial charge in [0.15, 0.2) is 12.6 Å². The zero-order chi connectivity index (χ0) is 47.3. The van der Waals surface area contributed by atoms with Gasteiger partial charge in [-0.15, -0.1) is 0 Å². The highest BCUT2D eigenvalue weighted by Gasteiger charge is 2.47. The highest BCUT2D eigenvalue weighted by Crippen LogP contribution is 2.26. The molecule has 0 bridgehead atoms. The van der Waals surface area contributed by atoms with Crippen LogP contribution in [0.25, 0.3) is 0 Å². The number of aliphatic hydroxyl groups is 7. The van der Waals surface area contributed by atoms with Crippen LogP contribution in [0.2, 0.25) is 0 Å². The van der Waals surface area contributed by atoms with Crippen LogP contribution >= 0.6 is 0 Å². The Morgan fingerprint density at radius 1 is 0.523 bits per heavy atom. The number of carbonyl (C=O) groups is 1. The van der Waals surface area contributed by atoms with Gasteiger partial charge in [-0.05, 0) is 64.2 Å². The lowest BCUT2D eigenvalue weighted by molar-refractivity contribution is -0.332. The largest absolute Gasteiger partial charge is 0.457 e. The van der Waals surface area contributed by atoms with E-state index in [1.54, 1.807) is 0 Å². The van der Waals surface area contributed by atoms with E-state index >= 15 is 0 Å². The predicted octanol–water partition coefficient (Wildman–Crippen LogP) is 6.73. The Morgan fingerprint density at radius 3 is 1.54 bits per heavy atom. The van der Waals surface area contributed by atoms with E-state index < -0.39 is 86.7 Å². The summed E-state index contributed by atoms with van der Waals surface area (Å²) in [5.74, 6) is -0.421. The SMILES string of the molecule is CC/C=C\C/C=C\C/C=C\C/C=C\C/C=C\C/C=C\CCCCC(=O)OC(COCCCCCCCCCCCC)COC1OC(COC2OC(CO)C(O)C(O)C2O)C(O)C(O)C1O. The molecule has 0 aromatic rings. The average Bonchev–Trinajstić information content (AvgIpc) is 3.30. The number of carbonyl (C=O) groups excluding carboxylic acids is 1. The average molecular weight is 923 g/mol. The number of rotatable bonds is 37. The first-order valence-corrected chi connectivity index (χ1v) is 24.5. The number of unbranched alkanes of at least 4 members (excludes halogenated alkanes) is 11. The highest BCUT2D eigenvalue weighted by molar-refractivity contribution is 5.69. The Hall–Kier alpha value is -2.57. The number of esters is 1. The summed E-state index contributed by atoms with van der Waals surface area (Å²) in [7, 11) is 0. The standard InChI is InChI=1S/C51H86O14/c1-3-5-7-9-11-13-15-16-17-18-19-20-21-22-23-24-25-26-28-30-32-34-43(53)63-40(37-60-35-33-31-29-27-14-12-10-8-6-4-2)38-61-50-49(59)47(57)45(55)42(65-50)39-62-51-48(58)46(56)44(54)41(36-52)64-51/h5,7,11,13,16-17,19-20,22-23,25-26,40-42,44-52,54-59H,3-4,6,8-10,12,14-15,18,21,24,27-39H2,1-2H3/b7-5-,13-11-,17-16-,20-19-,23-22-,26-25-. The van der Waals surface area contributed by atoms with Crippen molar-refractivity contribution in [1.29, 1.82) is 0 Å². The Morgan fingerprint density at radius 2 is 1.00 bits per heavy atom. The molecule has 2 fully saturated rings. The maximum absolute atomic E-state index is 13.0. The fourth-order valence-corrected chi connectivity index (χ4v) is 7.23. The van der Waals surface area contributed by atoms with Gasteiger partial charge in [-0.1, -0.05) is 145 Å². The number of hydrogen-bond donors (Lipinski definition) is 7. The summed E-state index contributed by atoms with van der Waals surface area (Å²) in [4.78, 5) is 13.0. The first-order valence-electron chi connectivity index (χ1n) is 24.5. The minimum absolute atomic E-state index is 0.0410. The van der Waals surface area contributed by atoms with Crippen LogP contribution in [0.4, 0.5) is 0 Å². The maximum Gasteiger partial charge on any atom is 0.306 e. The molecule has 0 radical (unpaired) electrons. The minimum atomic E-state index is -1.72. The van der Waals surface area contributed by atoms with Crippen molar-refractivity contribution in [2.75, 3.05) is 33.0 Å². The van der Waals surface area contributed by atoms with Crippen LogP contribution < -0.4 is 0 Å². The van der Waals surface area contributed by atoms with Crippen LogP contribution in [0, 0.1) is 0 Å². The van der Waals surface area contributed by atoms with Crippen molar-refractivity contribution in [3.8, 4) is 0 Å². The molecule has 2 saturated heterocycles. The zero-order valence-electron chi connectivity index (χ0n) is 39.4. The van der Waals surface area contributed by atoms with Crippen LogP contribution in [0.15, 0.2) is 72.9 Å². The Kier molecular flexibility index (Phi) is 34.6. The van der Waals surface area contributed by atoms with Crippen molar-refractivity contribution in [1.82, 2.24) is 0 Å². The quantitative estimate of drug-likeness (QED) is 0.0196. The lowest BCUT2D eigenvalue weighted by Gasteiger charge is -2.42. The lowest BCUT2D eigenvalue weighted by atomic mass is 9.98. The second-order valence-electron chi connectivity index (χ2n) is 16.9. The number of allylic oxidation sites excluding steroid dienone is 12. The van der Waals surface area contributed by atoms with Crippen LogP contribution in [-0.2, 0) is 33.2 Å². The van der Waals surface area contributed by atoms with E-state index in [0.29, 0.717) is 13.0 Å². The molecule has 374 valence electrons. The minimum Gasteiger partial charge on any atom is -0.457 e. The molecule has 0 aliphatic carbocycles. The van der Waals surface area contributed by atoms with Gasteiger partial charge in [0.1, 0.15) is 54.9 Å². The fourth-order valence-electron chi connectivity index (χ4n) is 7.23. The number of aliphatic hydroxyl groups excluding tert-OH is 7. The van der Waals surface area contributed by atoms with Gasteiger partial charge in [0.25, 0.3) is 0 Å². The third-order valence-electron chi connectivity index (χ3n) is 11.2. The molecule has 65 heavy (non-hydrogen) atoms. The van der Waals surface area contributed by atoms with E-state index in [-0.39, 0.29) is 19.6 Å². The van der Waals surface area contributed by atoms with Crippen molar-refractivity contribution < 1.29 is 69.0 Å². The third-order valence-corrected chi connectivity index (χ3v) is 11.2. The van der Waals surface area contributed by atoms with Gasteiger partial charge in [0.05, 0.1) is 26.4 Å². The summed E-state index contributed by atoms with van der Waals surface area (Å²) in [6, 6.07) is 0. The van der Waals surface area contributed by atoms with E-state index in [9.17, 15) is 40.5 Å². The van der Waals surface area contributed by atoms with E-state index in [0.717, 1.165) is 70.6 Å². The first-order chi connectivity index (χ1) is 31.6. The predicted molar refractivity (Wildman–Crippen MR) is 252 cm³/mol. The Labute approximate surface area is 389 Å². The van der Waals surface area contributed by atoms with E-state index in [1.807, 2.05) is 0 Å². The molecule has 0 saturated carbocycles. The molecule has 2 heterocycles. The second-order valence-corrected chi connectivity index (χ2v) is 16.9. The van der Waals surface area contributed by atoms with Gasteiger partial charge >= 0.3 is 5.97 Å². The smallest absolute Gasteiger partial charge is 0.306 e.